The van der Waals surface area contributed by atoms with Gasteiger partial charge in [0, 0.05) is 17.1 Å². The number of anilines is 1. The third-order valence-corrected chi connectivity index (χ3v) is 3.66. The fourth-order valence-electron chi connectivity index (χ4n) is 2.58. The van der Waals surface area contributed by atoms with E-state index in [1.165, 1.54) is 0 Å². The topological polar surface area (TPSA) is 69.9 Å². The largest absolute Gasteiger partial charge is 0.490 e. The zero-order valence-corrected chi connectivity index (χ0v) is 13.0. The first-order valence-corrected chi connectivity index (χ1v) is 7.61. The van der Waals surface area contributed by atoms with E-state index in [0.29, 0.717) is 35.1 Å². The molecule has 0 atom stereocenters. The summed E-state index contributed by atoms with van der Waals surface area (Å²) in [4.78, 5) is 12.4. The lowest BCUT2D eigenvalue weighted by molar-refractivity contribution is 0.0998. The Labute approximate surface area is 137 Å². The number of furan rings is 1. The zero-order valence-electron chi connectivity index (χ0n) is 13.0. The summed E-state index contributed by atoms with van der Waals surface area (Å²) in [6.07, 6.45) is 0. The number of rotatable bonds is 4. The van der Waals surface area contributed by atoms with Crippen molar-refractivity contribution in [3.05, 3.63) is 48.2 Å². The predicted molar refractivity (Wildman–Crippen MR) is 87.9 cm³/mol. The Morgan fingerprint density at radius 2 is 2.04 bits per heavy atom. The van der Waals surface area contributed by atoms with Crippen LogP contribution in [0.3, 0.4) is 0 Å². The van der Waals surface area contributed by atoms with Gasteiger partial charge in [0.2, 0.25) is 6.79 Å². The van der Waals surface area contributed by atoms with Crippen LogP contribution < -0.4 is 19.5 Å². The van der Waals surface area contributed by atoms with Crippen LogP contribution in [-0.2, 0) is 0 Å². The van der Waals surface area contributed by atoms with Gasteiger partial charge in [0.1, 0.15) is 0 Å². The maximum atomic E-state index is 12.4. The Morgan fingerprint density at radius 1 is 1.17 bits per heavy atom. The molecule has 0 saturated heterocycles. The van der Waals surface area contributed by atoms with Crippen molar-refractivity contribution < 1.29 is 23.4 Å². The van der Waals surface area contributed by atoms with E-state index < -0.39 is 0 Å². The molecule has 0 unspecified atom stereocenters. The fraction of sp³-hybridized carbons (Fsp3) is 0.167. The molecule has 24 heavy (non-hydrogen) atoms. The summed E-state index contributed by atoms with van der Waals surface area (Å²) in [7, 11) is 0. The molecule has 1 aliphatic heterocycles. The third kappa shape index (κ3) is 2.52. The molecule has 1 aromatic heterocycles. The van der Waals surface area contributed by atoms with E-state index in [0.717, 1.165) is 5.39 Å². The first-order valence-electron chi connectivity index (χ1n) is 7.61. The van der Waals surface area contributed by atoms with Crippen LogP contribution in [0, 0.1) is 0 Å². The second-order valence-corrected chi connectivity index (χ2v) is 5.24. The van der Waals surface area contributed by atoms with Crippen LogP contribution in [0.1, 0.15) is 17.5 Å². The Hall–Kier alpha value is -3.15. The van der Waals surface area contributed by atoms with E-state index in [9.17, 15) is 4.79 Å². The Bertz CT molecular complexity index is 915. The van der Waals surface area contributed by atoms with Crippen LogP contribution in [0.5, 0.6) is 17.2 Å². The molecule has 1 amide bonds. The molecule has 3 aromatic rings. The summed E-state index contributed by atoms with van der Waals surface area (Å²) in [5.41, 5.74) is 1.17. The van der Waals surface area contributed by atoms with Gasteiger partial charge >= 0.3 is 0 Å². The van der Waals surface area contributed by atoms with Crippen molar-refractivity contribution in [3.63, 3.8) is 0 Å². The smallest absolute Gasteiger partial charge is 0.291 e. The first-order chi connectivity index (χ1) is 11.7. The van der Waals surface area contributed by atoms with Gasteiger partial charge in [-0.15, -0.1) is 0 Å². The lowest BCUT2D eigenvalue weighted by atomic mass is 10.2. The summed E-state index contributed by atoms with van der Waals surface area (Å²) in [5.74, 6) is 1.77. The van der Waals surface area contributed by atoms with Crippen molar-refractivity contribution in [1.29, 1.82) is 0 Å². The molecular formula is C18H15NO5. The molecule has 2 aromatic carbocycles. The van der Waals surface area contributed by atoms with E-state index in [-0.39, 0.29) is 18.5 Å². The normalized spacial score (nSPS) is 12.4. The minimum Gasteiger partial charge on any atom is -0.490 e. The number of nitrogens with one attached hydrogen (secondary N) is 1. The van der Waals surface area contributed by atoms with Crippen LogP contribution in [0.25, 0.3) is 11.0 Å². The van der Waals surface area contributed by atoms with Gasteiger partial charge in [-0.2, -0.15) is 0 Å². The van der Waals surface area contributed by atoms with Gasteiger partial charge in [-0.1, -0.05) is 12.1 Å². The molecule has 0 saturated carbocycles. The number of hydrogen-bond donors (Lipinski definition) is 1. The molecule has 0 spiro atoms. The van der Waals surface area contributed by atoms with E-state index in [2.05, 4.69) is 5.32 Å². The fourth-order valence-corrected chi connectivity index (χ4v) is 2.58. The number of hydrogen-bond acceptors (Lipinski definition) is 5. The van der Waals surface area contributed by atoms with Crippen molar-refractivity contribution in [2.45, 2.75) is 6.92 Å². The van der Waals surface area contributed by atoms with Gasteiger partial charge in [0.05, 0.1) is 6.61 Å². The number of benzene rings is 2. The summed E-state index contributed by atoms with van der Waals surface area (Å²) < 4.78 is 21.8. The quantitative estimate of drug-likeness (QED) is 0.790. The maximum absolute atomic E-state index is 12.4. The van der Waals surface area contributed by atoms with E-state index >= 15 is 0 Å². The average Bonchev–Trinajstić information content (AvgIpc) is 3.21. The third-order valence-electron chi connectivity index (χ3n) is 3.66. The lowest BCUT2D eigenvalue weighted by Gasteiger charge is -2.04. The molecule has 4 rings (SSSR count). The lowest BCUT2D eigenvalue weighted by Crippen LogP contribution is -2.10. The van der Waals surface area contributed by atoms with Crippen LogP contribution in [0.4, 0.5) is 5.69 Å². The monoisotopic (exact) mass is 325 g/mol. The van der Waals surface area contributed by atoms with Crippen LogP contribution in [0.15, 0.2) is 46.9 Å². The van der Waals surface area contributed by atoms with E-state index in [4.69, 9.17) is 18.6 Å². The molecule has 1 N–H and O–H groups in total. The Morgan fingerprint density at radius 3 is 2.92 bits per heavy atom. The molecule has 6 heteroatoms. The molecule has 0 radical (unpaired) electrons. The highest BCUT2D eigenvalue weighted by atomic mass is 16.7. The van der Waals surface area contributed by atoms with Crippen molar-refractivity contribution in [2.24, 2.45) is 0 Å². The number of carbonyl (C=O) groups excluding carboxylic acids is 1. The average molecular weight is 325 g/mol. The number of amides is 1. The van der Waals surface area contributed by atoms with Crippen molar-refractivity contribution in [1.82, 2.24) is 0 Å². The second kappa shape index (κ2) is 5.81. The Balaban J connectivity index is 1.60. The summed E-state index contributed by atoms with van der Waals surface area (Å²) in [6, 6.07) is 12.5. The van der Waals surface area contributed by atoms with Gasteiger partial charge in [0.25, 0.3) is 5.91 Å². The molecule has 0 aliphatic carbocycles. The SMILES string of the molecule is CCOc1cccc2cc(C(=O)Nc3ccc4c(c3)OCO4)oc12. The molecular weight excluding hydrogens is 310 g/mol. The van der Waals surface area contributed by atoms with Gasteiger partial charge < -0.3 is 23.9 Å². The van der Waals surface area contributed by atoms with Crippen LogP contribution in [-0.4, -0.2) is 19.3 Å². The highest BCUT2D eigenvalue weighted by Gasteiger charge is 2.17. The Kier molecular flexibility index (Phi) is 3.49. The minimum absolute atomic E-state index is 0.191. The summed E-state index contributed by atoms with van der Waals surface area (Å²) in [5, 5.41) is 3.61. The number of para-hydroxylation sites is 1. The van der Waals surface area contributed by atoms with Crippen molar-refractivity contribution in [2.75, 3.05) is 18.7 Å². The molecule has 122 valence electrons. The predicted octanol–water partition coefficient (Wildman–Crippen LogP) is 3.81. The molecule has 0 bridgehead atoms. The standard InChI is InChI=1S/C18H15NO5/c1-2-21-14-5-3-4-11-8-16(24-17(11)14)18(20)19-12-6-7-13-15(9-12)23-10-22-13/h3-9H,2,10H2,1H3,(H,19,20). The number of carbonyl (C=O) groups is 1. The summed E-state index contributed by atoms with van der Waals surface area (Å²) in [6.45, 7) is 2.62. The second-order valence-electron chi connectivity index (χ2n) is 5.24. The summed E-state index contributed by atoms with van der Waals surface area (Å²) >= 11 is 0. The van der Waals surface area contributed by atoms with Crippen LogP contribution in [0.2, 0.25) is 0 Å². The van der Waals surface area contributed by atoms with Gasteiger partial charge in [0.15, 0.2) is 28.6 Å². The minimum atomic E-state index is -0.340. The first kappa shape index (κ1) is 14.4. The van der Waals surface area contributed by atoms with Gasteiger partial charge in [-0.25, -0.2) is 0 Å². The zero-order chi connectivity index (χ0) is 16.5. The van der Waals surface area contributed by atoms with E-state index in [1.807, 2.05) is 25.1 Å². The maximum Gasteiger partial charge on any atom is 0.291 e. The number of fused-ring (bicyclic) bond motifs is 2. The molecule has 0 fully saturated rings. The molecule has 6 nitrogen and oxygen atoms in total. The highest BCUT2D eigenvalue weighted by molar-refractivity contribution is 6.05. The van der Waals surface area contributed by atoms with Gasteiger partial charge in [-0.05, 0) is 31.2 Å². The van der Waals surface area contributed by atoms with Crippen molar-refractivity contribution >= 4 is 22.6 Å². The highest BCUT2D eigenvalue weighted by Crippen LogP contribution is 2.34. The van der Waals surface area contributed by atoms with E-state index in [1.54, 1.807) is 24.3 Å². The number of ether oxygens (including phenoxy) is 3. The van der Waals surface area contributed by atoms with Crippen LogP contribution >= 0.6 is 0 Å². The molecule has 1 aliphatic rings. The molecule has 2 heterocycles. The van der Waals surface area contributed by atoms with Crippen molar-refractivity contribution in [3.8, 4) is 17.2 Å². The van der Waals surface area contributed by atoms with Gasteiger partial charge in [-0.3, -0.25) is 4.79 Å².